The first kappa shape index (κ1) is 29.6. The van der Waals surface area contributed by atoms with Gasteiger partial charge in [0.25, 0.3) is 0 Å². The topological polar surface area (TPSA) is 59.7 Å². The first-order valence-electron chi connectivity index (χ1n) is 2.50. The zero-order valence-corrected chi connectivity index (χ0v) is 8.25. The van der Waals surface area contributed by atoms with Gasteiger partial charge in [0.15, 0.2) is 0 Å². The number of hydrogen-bond donors (Lipinski definition) is 0. The molecule has 0 N–H and O–H groups in total. The summed E-state index contributed by atoms with van der Waals surface area (Å²) in [4.78, 5) is 0. The Bertz CT molecular complexity index is 142. The number of rotatable bonds is 2. The quantitative estimate of drug-likeness (QED) is 0.388. The van der Waals surface area contributed by atoms with E-state index in [0.717, 1.165) is 5.57 Å². The third kappa shape index (κ3) is 210. The third-order valence-corrected chi connectivity index (χ3v) is 0.402. The van der Waals surface area contributed by atoms with Crippen molar-refractivity contribution in [3.8, 4) is 0 Å². The van der Waals surface area contributed by atoms with E-state index in [9.17, 15) is 0 Å². The van der Waals surface area contributed by atoms with Crippen LogP contribution in [0.15, 0.2) is 24.8 Å². The summed E-state index contributed by atoms with van der Waals surface area (Å²) in [5.41, 5.74) is 1.05. The SMILES string of the molecule is C=C[CH+]C(=C)C.[C-]#[O+].[C-]#[O+].[C-]#[O+].[Fe]. The van der Waals surface area contributed by atoms with Crippen LogP contribution in [0.2, 0.25) is 0 Å². The van der Waals surface area contributed by atoms with Crippen LogP contribution in [-0.4, -0.2) is 0 Å². The molecule has 0 bridgehead atoms. The van der Waals surface area contributed by atoms with Crippen molar-refractivity contribution in [2.75, 3.05) is 0 Å². The zero-order valence-electron chi connectivity index (χ0n) is 7.15. The molecule has 3 nitrogen and oxygen atoms in total. The van der Waals surface area contributed by atoms with Crippen molar-refractivity contribution in [3.05, 3.63) is 51.2 Å². The van der Waals surface area contributed by atoms with Crippen LogP contribution in [0.1, 0.15) is 6.92 Å². The van der Waals surface area contributed by atoms with Gasteiger partial charge < -0.3 is 0 Å². The minimum Gasteiger partial charge on any atom is 0 e. The molecule has 0 aliphatic carbocycles. The Morgan fingerprint density at radius 2 is 1.38 bits per heavy atom. The van der Waals surface area contributed by atoms with Gasteiger partial charge in [-0.05, 0) is 20.1 Å². The molecule has 0 aromatic rings. The van der Waals surface area contributed by atoms with Crippen LogP contribution >= 0.6 is 0 Å². The van der Waals surface area contributed by atoms with E-state index in [-0.39, 0.29) is 17.1 Å². The molecule has 0 saturated carbocycles. The van der Waals surface area contributed by atoms with Crippen LogP contribution in [0.5, 0.6) is 0 Å². The van der Waals surface area contributed by atoms with Crippen LogP contribution in [0.4, 0.5) is 0 Å². The zero-order chi connectivity index (χ0) is 11.0. The minimum atomic E-state index is 0. The first-order chi connectivity index (χ1) is 5.77. The van der Waals surface area contributed by atoms with Gasteiger partial charge in [-0.25, -0.2) is 0 Å². The molecule has 0 aromatic heterocycles. The second-order valence-electron chi connectivity index (χ2n) is 1.25. The average Bonchev–Trinajstić information content (AvgIpc) is 2.14. The summed E-state index contributed by atoms with van der Waals surface area (Å²) in [6, 6.07) is 0. The Hall–Kier alpha value is -0.911. The normalized spacial score (nSPS) is 3.62. The minimum absolute atomic E-state index is 0. The molecule has 4 heteroatoms. The van der Waals surface area contributed by atoms with Gasteiger partial charge in [0.05, 0.1) is 0 Å². The van der Waals surface area contributed by atoms with Crippen LogP contribution < -0.4 is 0 Å². The van der Waals surface area contributed by atoms with Gasteiger partial charge in [0.1, 0.15) is 0 Å². The number of allylic oxidation sites excluding steroid dienone is 2. The van der Waals surface area contributed by atoms with E-state index in [2.05, 4.69) is 33.1 Å². The van der Waals surface area contributed by atoms with Gasteiger partial charge in [-0.3, -0.25) is 0 Å². The maximum Gasteiger partial charge on any atom is 0 e. The van der Waals surface area contributed by atoms with Gasteiger partial charge >= 0.3 is 33.9 Å². The van der Waals surface area contributed by atoms with E-state index in [1.165, 1.54) is 0 Å². The molecule has 0 atom stereocenters. The summed E-state index contributed by atoms with van der Waals surface area (Å²) >= 11 is 0. The van der Waals surface area contributed by atoms with Gasteiger partial charge in [-0.1, -0.05) is 0 Å². The molecule has 0 unspecified atom stereocenters. The predicted octanol–water partition coefficient (Wildman–Crippen LogP) is 1.84. The van der Waals surface area contributed by atoms with Gasteiger partial charge in [0.2, 0.25) is 0 Å². The Morgan fingerprint density at radius 1 is 1.15 bits per heavy atom. The van der Waals surface area contributed by atoms with E-state index in [4.69, 9.17) is 14.0 Å². The summed E-state index contributed by atoms with van der Waals surface area (Å²) in [5, 5.41) is 0. The van der Waals surface area contributed by atoms with Gasteiger partial charge in [-0.15, -0.1) is 0 Å². The molecule has 0 heterocycles. The fraction of sp³-hybridized carbons (Fsp3) is 0.111. The summed E-state index contributed by atoms with van der Waals surface area (Å²) in [6.07, 6.45) is 3.59. The Labute approximate surface area is 89.5 Å². The Kier molecular flexibility index (Phi) is 154. The van der Waals surface area contributed by atoms with Crippen LogP contribution in [0.3, 0.4) is 0 Å². The maximum absolute atomic E-state index is 7.50. The standard InChI is InChI=1S/C6H9.3CO.Fe/c1-4-5-6(2)3;3*1-2;/h4-5H,1-2H2,3H3;;;;/q+1;;;;. The molecule has 0 aliphatic rings. The summed E-state index contributed by atoms with van der Waals surface area (Å²) < 4.78 is 22.5. The molecule has 0 aromatic carbocycles. The summed E-state index contributed by atoms with van der Waals surface area (Å²) in [5.74, 6) is 0. The molecule has 0 radical (unpaired) electrons. The van der Waals surface area contributed by atoms with Crippen molar-refractivity contribution in [1.82, 2.24) is 0 Å². The summed E-state index contributed by atoms with van der Waals surface area (Å²) in [7, 11) is 0. The van der Waals surface area contributed by atoms with E-state index in [0.29, 0.717) is 0 Å². The van der Waals surface area contributed by atoms with E-state index < -0.39 is 0 Å². The molecule has 70 valence electrons. The molecule has 0 spiro atoms. The summed E-state index contributed by atoms with van der Waals surface area (Å²) in [6.45, 7) is 22.5. The van der Waals surface area contributed by atoms with Crippen molar-refractivity contribution >= 4 is 0 Å². The predicted molar refractivity (Wildman–Crippen MR) is 41.1 cm³/mol. The van der Waals surface area contributed by atoms with Crippen LogP contribution in [0, 0.1) is 26.4 Å². The van der Waals surface area contributed by atoms with Crippen molar-refractivity contribution in [1.29, 1.82) is 0 Å². The van der Waals surface area contributed by atoms with E-state index in [1.807, 2.05) is 13.3 Å². The average molecular weight is 221 g/mol. The molecular formula is C9H9FeO3+. The molecule has 0 amide bonds. The smallest absolute Gasteiger partial charge is 0 e. The van der Waals surface area contributed by atoms with Crippen molar-refractivity contribution in [2.45, 2.75) is 6.92 Å². The monoisotopic (exact) mass is 221 g/mol. The fourth-order valence-corrected chi connectivity index (χ4v) is 0.201. The molecule has 0 rings (SSSR count). The molecule has 0 saturated heterocycles. The molecule has 0 aliphatic heterocycles. The van der Waals surface area contributed by atoms with E-state index in [1.54, 1.807) is 6.08 Å². The van der Waals surface area contributed by atoms with Crippen molar-refractivity contribution < 1.29 is 31.0 Å². The van der Waals surface area contributed by atoms with Crippen molar-refractivity contribution in [2.24, 2.45) is 0 Å². The Morgan fingerprint density at radius 3 is 1.38 bits per heavy atom. The van der Waals surface area contributed by atoms with Gasteiger partial charge in [0, 0.05) is 35.1 Å². The molecular weight excluding hydrogens is 212 g/mol. The van der Waals surface area contributed by atoms with Crippen molar-refractivity contribution in [3.63, 3.8) is 0 Å². The molecule has 13 heavy (non-hydrogen) atoms. The van der Waals surface area contributed by atoms with Crippen LogP contribution in [0.25, 0.3) is 0 Å². The maximum atomic E-state index is 7.50. The largest absolute Gasteiger partial charge is 0 e. The van der Waals surface area contributed by atoms with Gasteiger partial charge in [-0.2, -0.15) is 0 Å². The number of hydrogen-bond acceptors (Lipinski definition) is 0. The Balaban J connectivity index is -0.0000000263. The third-order valence-electron chi connectivity index (χ3n) is 0.402. The second-order valence-corrected chi connectivity index (χ2v) is 1.25. The van der Waals surface area contributed by atoms with E-state index >= 15 is 0 Å². The second kappa shape index (κ2) is 67.5. The first-order valence-corrected chi connectivity index (χ1v) is 2.50. The fourth-order valence-electron chi connectivity index (χ4n) is 0.201. The van der Waals surface area contributed by atoms with Crippen LogP contribution in [-0.2, 0) is 31.0 Å². The molecule has 0 fully saturated rings.